The van der Waals surface area contributed by atoms with Gasteiger partial charge in [0.15, 0.2) is 0 Å². The van der Waals surface area contributed by atoms with E-state index in [0.717, 1.165) is 5.56 Å². The highest BCUT2D eigenvalue weighted by atomic mass is 35.5. The van der Waals surface area contributed by atoms with Gasteiger partial charge in [-0.05, 0) is 42.8 Å². The lowest BCUT2D eigenvalue weighted by molar-refractivity contribution is 0.262. The Morgan fingerprint density at radius 2 is 1.77 bits per heavy atom. The molecule has 0 bridgehead atoms. The molecule has 6 nitrogen and oxygen atoms in total. The third-order valence-corrected chi connectivity index (χ3v) is 6.18. The fraction of sp³-hybridized carbons (Fsp3) is 0.278. The number of anilines is 2. The van der Waals surface area contributed by atoms with E-state index in [-0.39, 0.29) is 15.6 Å². The molecule has 0 atom stereocenters. The van der Waals surface area contributed by atoms with Crippen molar-refractivity contribution in [2.75, 3.05) is 23.7 Å². The van der Waals surface area contributed by atoms with Gasteiger partial charge in [-0.3, -0.25) is 0 Å². The summed E-state index contributed by atoms with van der Waals surface area (Å²) in [6, 6.07) is 11.1. The van der Waals surface area contributed by atoms with E-state index in [1.54, 1.807) is 19.9 Å². The Kier molecular flexibility index (Phi) is 6.63. The Morgan fingerprint density at radius 1 is 1.08 bits per heavy atom. The van der Waals surface area contributed by atoms with Gasteiger partial charge in [0.1, 0.15) is 0 Å². The first-order valence-electron chi connectivity index (χ1n) is 8.22. The largest absolute Gasteiger partial charge is 0.323 e. The first-order valence-corrected chi connectivity index (χ1v) is 10.0. The Morgan fingerprint density at radius 3 is 2.38 bits per heavy atom. The van der Waals surface area contributed by atoms with Gasteiger partial charge in [-0.15, -0.1) is 0 Å². The second-order valence-electron chi connectivity index (χ2n) is 5.68. The number of nitrogens with zero attached hydrogens (tertiary/aromatic N) is 1. The Bertz CT molecular complexity index is 896. The molecule has 2 aromatic rings. The highest BCUT2D eigenvalue weighted by Gasteiger charge is 2.22. The van der Waals surface area contributed by atoms with Crippen molar-refractivity contribution in [1.82, 2.24) is 4.31 Å². The fourth-order valence-corrected chi connectivity index (χ4v) is 4.13. The molecule has 0 aliphatic rings. The van der Waals surface area contributed by atoms with Crippen molar-refractivity contribution in [3.63, 3.8) is 0 Å². The van der Waals surface area contributed by atoms with Crippen molar-refractivity contribution < 1.29 is 13.2 Å². The van der Waals surface area contributed by atoms with E-state index in [1.165, 1.54) is 22.5 Å². The molecule has 2 amide bonds. The molecule has 0 radical (unpaired) electrons. The molecule has 2 N–H and O–H groups in total. The monoisotopic (exact) mass is 395 g/mol. The van der Waals surface area contributed by atoms with Gasteiger partial charge in [0.2, 0.25) is 10.0 Å². The number of urea groups is 1. The summed E-state index contributed by atoms with van der Waals surface area (Å²) in [6.45, 7) is 6.18. The average molecular weight is 396 g/mol. The zero-order valence-corrected chi connectivity index (χ0v) is 16.5. The van der Waals surface area contributed by atoms with Crippen LogP contribution in [0.15, 0.2) is 47.4 Å². The molecule has 0 saturated heterocycles. The molecule has 0 spiro atoms. The highest BCUT2D eigenvalue weighted by Crippen LogP contribution is 2.27. The maximum absolute atomic E-state index is 12.6. The molecule has 2 rings (SSSR count). The lowest BCUT2D eigenvalue weighted by Crippen LogP contribution is -2.30. The van der Waals surface area contributed by atoms with E-state index in [0.29, 0.717) is 18.8 Å². The zero-order valence-electron chi connectivity index (χ0n) is 14.9. The third kappa shape index (κ3) is 4.75. The van der Waals surface area contributed by atoms with E-state index in [4.69, 9.17) is 11.6 Å². The summed E-state index contributed by atoms with van der Waals surface area (Å²) in [7, 11) is -3.64. The number of hydrogen-bond acceptors (Lipinski definition) is 3. The minimum Gasteiger partial charge on any atom is -0.308 e. The standard InChI is InChI=1S/C18H22ClN3O3S/c1-4-22(5-2)26(24,25)15-9-10-16(19)17(12-15)21-18(23)20-14-8-6-7-13(3)11-14/h6-12H,4-5H2,1-3H3,(H2,20,21,23). The van der Waals surface area contributed by atoms with Crippen molar-refractivity contribution in [3.05, 3.63) is 53.1 Å². The van der Waals surface area contributed by atoms with E-state index in [2.05, 4.69) is 10.6 Å². The van der Waals surface area contributed by atoms with Gasteiger partial charge in [-0.1, -0.05) is 37.6 Å². The summed E-state index contributed by atoms with van der Waals surface area (Å²) >= 11 is 6.11. The Labute approximate surface area is 159 Å². The van der Waals surface area contributed by atoms with Crippen LogP contribution in [-0.4, -0.2) is 31.8 Å². The highest BCUT2D eigenvalue weighted by molar-refractivity contribution is 7.89. The molecule has 0 saturated carbocycles. The van der Waals surface area contributed by atoms with Gasteiger partial charge in [0.25, 0.3) is 0 Å². The molecular formula is C18H22ClN3O3S. The topological polar surface area (TPSA) is 78.5 Å². The van der Waals surface area contributed by atoms with Crippen LogP contribution in [0.4, 0.5) is 16.2 Å². The van der Waals surface area contributed by atoms with Crippen LogP contribution in [0, 0.1) is 6.92 Å². The van der Waals surface area contributed by atoms with Crippen LogP contribution in [0.5, 0.6) is 0 Å². The van der Waals surface area contributed by atoms with Gasteiger partial charge in [0.05, 0.1) is 15.6 Å². The molecular weight excluding hydrogens is 374 g/mol. The molecule has 0 aliphatic heterocycles. The fourth-order valence-electron chi connectivity index (χ4n) is 2.48. The molecule has 0 fully saturated rings. The SMILES string of the molecule is CCN(CC)S(=O)(=O)c1ccc(Cl)c(NC(=O)Nc2cccc(C)c2)c1. The zero-order chi connectivity index (χ0) is 19.3. The van der Waals surface area contributed by atoms with Crippen molar-refractivity contribution >= 4 is 39.0 Å². The van der Waals surface area contributed by atoms with Gasteiger partial charge >= 0.3 is 6.03 Å². The van der Waals surface area contributed by atoms with Gasteiger partial charge in [-0.25, -0.2) is 13.2 Å². The molecule has 26 heavy (non-hydrogen) atoms. The third-order valence-electron chi connectivity index (χ3n) is 3.81. The second-order valence-corrected chi connectivity index (χ2v) is 8.02. The maximum atomic E-state index is 12.6. The van der Waals surface area contributed by atoms with Crippen molar-refractivity contribution in [2.24, 2.45) is 0 Å². The number of carbonyl (C=O) groups excluding carboxylic acids is 1. The lowest BCUT2D eigenvalue weighted by atomic mass is 10.2. The van der Waals surface area contributed by atoms with Crippen LogP contribution in [-0.2, 0) is 10.0 Å². The summed E-state index contributed by atoms with van der Waals surface area (Å²) in [5.41, 5.74) is 1.86. The van der Waals surface area contributed by atoms with Crippen molar-refractivity contribution in [1.29, 1.82) is 0 Å². The number of rotatable bonds is 6. The van der Waals surface area contributed by atoms with Crippen LogP contribution < -0.4 is 10.6 Å². The molecule has 140 valence electrons. The predicted octanol–water partition coefficient (Wildman–Crippen LogP) is 4.32. The normalized spacial score (nSPS) is 11.4. The first-order chi connectivity index (χ1) is 12.3. The molecule has 0 heterocycles. The summed E-state index contributed by atoms with van der Waals surface area (Å²) in [5.74, 6) is 0. The van der Waals surface area contributed by atoms with Gasteiger partial charge in [0, 0.05) is 18.8 Å². The average Bonchev–Trinajstić information content (AvgIpc) is 2.57. The number of halogens is 1. The lowest BCUT2D eigenvalue weighted by Gasteiger charge is -2.19. The molecule has 0 aliphatic carbocycles. The Balaban J connectivity index is 2.23. The Hall–Kier alpha value is -2.09. The second kappa shape index (κ2) is 8.53. The number of benzene rings is 2. The summed E-state index contributed by atoms with van der Waals surface area (Å²) < 4.78 is 26.6. The van der Waals surface area contributed by atoms with Crippen LogP contribution in [0.25, 0.3) is 0 Å². The quantitative estimate of drug-likeness (QED) is 0.764. The number of hydrogen-bond donors (Lipinski definition) is 2. The number of amides is 2. The molecule has 0 unspecified atom stereocenters. The van der Waals surface area contributed by atoms with E-state index >= 15 is 0 Å². The molecule has 0 aromatic heterocycles. The van der Waals surface area contributed by atoms with Gasteiger partial charge < -0.3 is 10.6 Å². The minimum atomic E-state index is -3.64. The van der Waals surface area contributed by atoms with Crippen LogP contribution in [0.2, 0.25) is 5.02 Å². The van der Waals surface area contributed by atoms with Crippen LogP contribution in [0.3, 0.4) is 0 Å². The predicted molar refractivity (Wildman–Crippen MR) is 105 cm³/mol. The maximum Gasteiger partial charge on any atom is 0.323 e. The first kappa shape index (κ1) is 20.2. The molecule has 2 aromatic carbocycles. The number of sulfonamides is 1. The molecule has 8 heteroatoms. The summed E-state index contributed by atoms with van der Waals surface area (Å²) in [6.07, 6.45) is 0. The van der Waals surface area contributed by atoms with E-state index in [9.17, 15) is 13.2 Å². The van der Waals surface area contributed by atoms with E-state index < -0.39 is 16.1 Å². The summed E-state index contributed by atoms with van der Waals surface area (Å²) in [4.78, 5) is 12.3. The minimum absolute atomic E-state index is 0.0801. The van der Waals surface area contributed by atoms with Crippen LogP contribution >= 0.6 is 11.6 Å². The number of nitrogens with one attached hydrogen (secondary N) is 2. The number of carbonyl (C=O) groups is 1. The van der Waals surface area contributed by atoms with Crippen molar-refractivity contribution in [2.45, 2.75) is 25.7 Å². The number of aryl methyl sites for hydroxylation is 1. The summed E-state index contributed by atoms with van der Waals surface area (Å²) in [5, 5.41) is 5.55. The van der Waals surface area contributed by atoms with Crippen molar-refractivity contribution in [3.8, 4) is 0 Å². The van der Waals surface area contributed by atoms with Gasteiger partial charge in [-0.2, -0.15) is 4.31 Å². The van der Waals surface area contributed by atoms with E-state index in [1.807, 2.05) is 25.1 Å². The smallest absolute Gasteiger partial charge is 0.308 e. The van der Waals surface area contributed by atoms with Crippen LogP contribution in [0.1, 0.15) is 19.4 Å².